The zero-order valence-electron chi connectivity index (χ0n) is 9.96. The van der Waals surface area contributed by atoms with Crippen molar-refractivity contribution in [3.05, 3.63) is 34.9 Å². The van der Waals surface area contributed by atoms with Gasteiger partial charge in [-0.05, 0) is 38.0 Å². The summed E-state index contributed by atoms with van der Waals surface area (Å²) >= 11 is 5.95. The number of nitrogens with two attached hydrogens (primary N) is 1. The lowest BCUT2D eigenvalue weighted by molar-refractivity contribution is 0.00681. The predicted molar refractivity (Wildman–Crippen MR) is 67.2 cm³/mol. The van der Waals surface area contributed by atoms with E-state index in [4.69, 9.17) is 22.2 Å². The lowest BCUT2D eigenvalue weighted by Gasteiger charge is -2.28. The van der Waals surface area contributed by atoms with Gasteiger partial charge in [-0.15, -0.1) is 0 Å². The lowest BCUT2D eigenvalue weighted by Crippen LogP contribution is -2.35. The maximum atomic E-state index is 5.95. The van der Waals surface area contributed by atoms with Crippen molar-refractivity contribution in [2.45, 2.75) is 31.9 Å². The number of benzene rings is 1. The van der Waals surface area contributed by atoms with E-state index in [1.165, 1.54) is 0 Å². The number of methoxy groups -OCH3 is 1. The summed E-state index contributed by atoms with van der Waals surface area (Å²) in [7, 11) is 1.70. The quantitative estimate of drug-likeness (QED) is 0.617. The minimum absolute atomic E-state index is 0.0358. The number of nitrogens with one attached hydrogen (secondary N) is 1. The van der Waals surface area contributed by atoms with Crippen LogP contribution in [0.4, 0.5) is 0 Å². The van der Waals surface area contributed by atoms with E-state index >= 15 is 0 Å². The van der Waals surface area contributed by atoms with Crippen LogP contribution in [0.5, 0.6) is 0 Å². The molecular formula is C12H19ClN2O. The van der Waals surface area contributed by atoms with E-state index in [-0.39, 0.29) is 11.6 Å². The van der Waals surface area contributed by atoms with E-state index in [0.717, 1.165) is 12.0 Å². The van der Waals surface area contributed by atoms with Crippen molar-refractivity contribution in [2.24, 2.45) is 5.84 Å². The van der Waals surface area contributed by atoms with Gasteiger partial charge in [0, 0.05) is 18.2 Å². The predicted octanol–water partition coefficient (Wildman–Crippen LogP) is 2.66. The maximum Gasteiger partial charge on any atom is 0.0641 e. The second-order valence-electron chi connectivity index (χ2n) is 4.44. The van der Waals surface area contributed by atoms with Crippen LogP contribution in [0.3, 0.4) is 0 Å². The Balaban J connectivity index is 2.82. The normalized spacial score (nSPS) is 13.8. The van der Waals surface area contributed by atoms with Gasteiger partial charge in [0.2, 0.25) is 0 Å². The summed E-state index contributed by atoms with van der Waals surface area (Å²) in [5.41, 5.74) is 3.64. The average Bonchev–Trinajstić information content (AvgIpc) is 2.26. The third-order valence-electron chi connectivity index (χ3n) is 2.70. The van der Waals surface area contributed by atoms with Crippen molar-refractivity contribution >= 4 is 11.6 Å². The third kappa shape index (κ3) is 3.76. The molecule has 0 fully saturated rings. The van der Waals surface area contributed by atoms with Crippen LogP contribution in [0, 0.1) is 0 Å². The Morgan fingerprint density at radius 1 is 1.50 bits per heavy atom. The van der Waals surface area contributed by atoms with Crippen LogP contribution in [0.15, 0.2) is 24.3 Å². The molecule has 0 heterocycles. The Bertz CT molecular complexity index is 342. The molecule has 1 atom stereocenters. The molecular weight excluding hydrogens is 224 g/mol. The monoisotopic (exact) mass is 242 g/mol. The maximum absolute atomic E-state index is 5.95. The Hall–Kier alpha value is -0.610. The van der Waals surface area contributed by atoms with E-state index < -0.39 is 0 Å². The molecule has 0 radical (unpaired) electrons. The standard InChI is InChI=1S/C12H19ClN2O/c1-12(2,16-3)8-11(15-14)9-5-4-6-10(13)7-9/h4-7,11,15H,8,14H2,1-3H3. The Morgan fingerprint density at radius 2 is 2.19 bits per heavy atom. The highest BCUT2D eigenvalue weighted by Crippen LogP contribution is 2.26. The van der Waals surface area contributed by atoms with Gasteiger partial charge in [-0.3, -0.25) is 11.3 Å². The van der Waals surface area contributed by atoms with Crippen molar-refractivity contribution in [2.75, 3.05) is 7.11 Å². The van der Waals surface area contributed by atoms with Crippen molar-refractivity contribution in [1.29, 1.82) is 0 Å². The van der Waals surface area contributed by atoms with Crippen LogP contribution in [0.2, 0.25) is 5.02 Å². The first-order chi connectivity index (χ1) is 7.48. The topological polar surface area (TPSA) is 47.3 Å². The molecule has 0 spiro atoms. The summed E-state index contributed by atoms with van der Waals surface area (Å²) in [6.07, 6.45) is 0.778. The SMILES string of the molecule is COC(C)(C)CC(NN)c1cccc(Cl)c1. The molecule has 0 saturated carbocycles. The number of hydrazine groups is 1. The van der Waals surface area contributed by atoms with Crippen LogP contribution < -0.4 is 11.3 Å². The molecule has 1 aromatic carbocycles. The summed E-state index contributed by atoms with van der Waals surface area (Å²) in [6, 6.07) is 7.72. The van der Waals surface area contributed by atoms with Crippen LogP contribution in [0.1, 0.15) is 31.9 Å². The van der Waals surface area contributed by atoms with Gasteiger partial charge in [0.05, 0.1) is 5.60 Å². The Morgan fingerprint density at radius 3 is 2.69 bits per heavy atom. The van der Waals surface area contributed by atoms with Crippen LogP contribution in [0.25, 0.3) is 0 Å². The summed E-state index contributed by atoms with van der Waals surface area (Å²) in [5.74, 6) is 5.57. The van der Waals surface area contributed by atoms with E-state index in [1.54, 1.807) is 7.11 Å². The molecule has 1 rings (SSSR count). The largest absolute Gasteiger partial charge is 0.379 e. The summed E-state index contributed by atoms with van der Waals surface area (Å²) < 4.78 is 5.39. The minimum atomic E-state index is -0.223. The summed E-state index contributed by atoms with van der Waals surface area (Å²) in [6.45, 7) is 4.06. The summed E-state index contributed by atoms with van der Waals surface area (Å²) in [5, 5.41) is 0.716. The van der Waals surface area contributed by atoms with Gasteiger partial charge in [0.25, 0.3) is 0 Å². The molecule has 0 aliphatic heterocycles. The van der Waals surface area contributed by atoms with Crippen LogP contribution in [-0.4, -0.2) is 12.7 Å². The first-order valence-corrected chi connectivity index (χ1v) is 5.63. The van der Waals surface area contributed by atoms with Gasteiger partial charge >= 0.3 is 0 Å². The molecule has 4 heteroatoms. The second-order valence-corrected chi connectivity index (χ2v) is 4.88. The van der Waals surface area contributed by atoms with E-state index in [9.17, 15) is 0 Å². The van der Waals surface area contributed by atoms with Gasteiger partial charge in [-0.25, -0.2) is 0 Å². The minimum Gasteiger partial charge on any atom is -0.379 e. The zero-order valence-corrected chi connectivity index (χ0v) is 10.7. The van der Waals surface area contributed by atoms with Crippen LogP contribution in [-0.2, 0) is 4.74 Å². The molecule has 3 nitrogen and oxygen atoms in total. The van der Waals surface area contributed by atoms with Gasteiger partial charge in [0.15, 0.2) is 0 Å². The van der Waals surface area contributed by atoms with Gasteiger partial charge in [0.1, 0.15) is 0 Å². The Labute approximate surface area is 102 Å². The highest BCUT2D eigenvalue weighted by Gasteiger charge is 2.23. The Kier molecular flexibility index (Phi) is 4.74. The third-order valence-corrected chi connectivity index (χ3v) is 2.94. The fourth-order valence-corrected chi connectivity index (χ4v) is 1.77. The first-order valence-electron chi connectivity index (χ1n) is 5.25. The number of hydrogen-bond acceptors (Lipinski definition) is 3. The number of hydrogen-bond donors (Lipinski definition) is 2. The molecule has 0 bridgehead atoms. The highest BCUT2D eigenvalue weighted by molar-refractivity contribution is 6.30. The second kappa shape index (κ2) is 5.64. The molecule has 1 unspecified atom stereocenters. The van der Waals surface area contributed by atoms with Crippen molar-refractivity contribution < 1.29 is 4.74 Å². The molecule has 0 amide bonds. The number of halogens is 1. The number of ether oxygens (including phenoxy) is 1. The summed E-state index contributed by atoms with van der Waals surface area (Å²) in [4.78, 5) is 0. The van der Waals surface area contributed by atoms with Crippen LogP contribution >= 0.6 is 11.6 Å². The van der Waals surface area contributed by atoms with E-state index in [0.29, 0.717) is 5.02 Å². The van der Waals surface area contributed by atoms with Crippen molar-refractivity contribution in [3.63, 3.8) is 0 Å². The van der Waals surface area contributed by atoms with E-state index in [2.05, 4.69) is 5.43 Å². The molecule has 16 heavy (non-hydrogen) atoms. The molecule has 3 N–H and O–H groups in total. The van der Waals surface area contributed by atoms with Crippen molar-refractivity contribution in [3.8, 4) is 0 Å². The first kappa shape index (κ1) is 13.5. The smallest absolute Gasteiger partial charge is 0.0641 e. The molecule has 0 aromatic heterocycles. The van der Waals surface area contributed by atoms with Gasteiger partial charge in [-0.1, -0.05) is 23.7 Å². The fourth-order valence-electron chi connectivity index (χ4n) is 1.57. The number of rotatable bonds is 5. The fraction of sp³-hybridized carbons (Fsp3) is 0.500. The average molecular weight is 243 g/mol. The van der Waals surface area contributed by atoms with Gasteiger partial charge < -0.3 is 4.74 Å². The highest BCUT2D eigenvalue weighted by atomic mass is 35.5. The molecule has 0 saturated heterocycles. The molecule has 90 valence electrons. The van der Waals surface area contributed by atoms with Gasteiger partial charge in [-0.2, -0.15) is 0 Å². The molecule has 0 aliphatic carbocycles. The van der Waals surface area contributed by atoms with Crippen molar-refractivity contribution in [1.82, 2.24) is 5.43 Å². The zero-order chi connectivity index (χ0) is 12.2. The van der Waals surface area contributed by atoms with E-state index in [1.807, 2.05) is 38.1 Å². The lowest BCUT2D eigenvalue weighted by atomic mass is 9.94. The molecule has 0 aliphatic rings. The molecule has 1 aromatic rings.